The number of carboxylic acids is 1. The molecule has 0 aliphatic heterocycles. The van der Waals surface area contributed by atoms with E-state index in [2.05, 4.69) is 0 Å². The number of pyridine rings is 1. The van der Waals surface area contributed by atoms with Crippen molar-refractivity contribution in [1.82, 2.24) is 4.57 Å². The quantitative estimate of drug-likeness (QED) is 0.806. The highest BCUT2D eigenvalue weighted by Crippen LogP contribution is 2.16. The zero-order valence-electron chi connectivity index (χ0n) is 11.5. The molecule has 0 fully saturated rings. The number of carboxylic acid groups (broad SMARTS) is 1. The molecular weight excluding hydrogens is 302 g/mol. The minimum atomic E-state index is -0.987. The zero-order chi connectivity index (χ0) is 15.7. The molecule has 0 saturated heterocycles. The summed E-state index contributed by atoms with van der Waals surface area (Å²) in [6.07, 6.45) is 1.70. The molecule has 3 aromatic rings. The largest absolute Gasteiger partial charge is 0.478 e. The summed E-state index contributed by atoms with van der Waals surface area (Å²) < 4.78 is 1.54. The van der Waals surface area contributed by atoms with Crippen LogP contribution in [0.3, 0.4) is 0 Å². The minimum absolute atomic E-state index is 0.152. The van der Waals surface area contributed by atoms with Crippen molar-refractivity contribution < 1.29 is 9.90 Å². The SMILES string of the molecule is O=C(O)c1cccc(Cn2ccc3ccc(Cl)cc3c2=O)c1. The highest BCUT2D eigenvalue weighted by molar-refractivity contribution is 6.31. The number of benzene rings is 2. The van der Waals surface area contributed by atoms with Gasteiger partial charge < -0.3 is 9.67 Å². The first-order valence-corrected chi connectivity index (χ1v) is 7.03. The summed E-state index contributed by atoms with van der Waals surface area (Å²) in [5.41, 5.74) is 0.804. The zero-order valence-corrected chi connectivity index (χ0v) is 12.2. The molecule has 0 unspecified atom stereocenters. The maximum absolute atomic E-state index is 12.5. The first-order valence-electron chi connectivity index (χ1n) is 6.65. The molecule has 1 aromatic heterocycles. The molecule has 22 heavy (non-hydrogen) atoms. The number of hydrogen-bond donors (Lipinski definition) is 1. The summed E-state index contributed by atoms with van der Waals surface area (Å²) in [5.74, 6) is -0.987. The Kier molecular flexibility index (Phi) is 3.69. The fourth-order valence-corrected chi connectivity index (χ4v) is 2.55. The monoisotopic (exact) mass is 313 g/mol. The molecular formula is C17H12ClNO3. The second-order valence-corrected chi connectivity index (χ2v) is 5.42. The van der Waals surface area contributed by atoms with Crippen molar-refractivity contribution >= 4 is 28.3 Å². The van der Waals surface area contributed by atoms with Crippen molar-refractivity contribution in [1.29, 1.82) is 0 Å². The molecule has 0 radical (unpaired) electrons. The van der Waals surface area contributed by atoms with Gasteiger partial charge in [-0.1, -0.05) is 29.8 Å². The van der Waals surface area contributed by atoms with Crippen molar-refractivity contribution in [2.24, 2.45) is 0 Å². The second kappa shape index (κ2) is 5.66. The number of fused-ring (bicyclic) bond motifs is 1. The van der Waals surface area contributed by atoms with Gasteiger partial charge in [0, 0.05) is 16.6 Å². The van der Waals surface area contributed by atoms with E-state index in [-0.39, 0.29) is 11.1 Å². The summed E-state index contributed by atoms with van der Waals surface area (Å²) in [6.45, 7) is 0.308. The molecule has 0 aliphatic rings. The van der Waals surface area contributed by atoms with Gasteiger partial charge in [-0.05, 0) is 41.3 Å². The number of carbonyl (C=O) groups is 1. The number of hydrogen-bond acceptors (Lipinski definition) is 2. The standard InChI is InChI=1S/C17H12ClNO3/c18-14-5-4-12-6-7-19(16(20)15(12)9-14)10-11-2-1-3-13(8-11)17(21)22/h1-9H,10H2,(H,21,22). The Morgan fingerprint density at radius 1 is 1.14 bits per heavy atom. The van der Waals surface area contributed by atoms with E-state index < -0.39 is 5.97 Å². The van der Waals surface area contributed by atoms with Crippen LogP contribution < -0.4 is 5.56 Å². The predicted octanol–water partition coefficient (Wildman–Crippen LogP) is 3.40. The van der Waals surface area contributed by atoms with Crippen LogP contribution in [0.25, 0.3) is 10.8 Å². The third-order valence-electron chi connectivity index (χ3n) is 3.47. The summed E-state index contributed by atoms with van der Waals surface area (Å²) in [5, 5.41) is 10.9. The Morgan fingerprint density at radius 2 is 1.95 bits per heavy atom. The molecule has 0 amide bonds. The molecule has 4 nitrogen and oxygen atoms in total. The van der Waals surface area contributed by atoms with Crippen molar-refractivity contribution in [2.75, 3.05) is 0 Å². The van der Waals surface area contributed by atoms with Gasteiger partial charge in [-0.3, -0.25) is 4.79 Å². The van der Waals surface area contributed by atoms with Crippen LogP contribution in [0.15, 0.2) is 59.5 Å². The van der Waals surface area contributed by atoms with E-state index in [4.69, 9.17) is 16.7 Å². The van der Waals surface area contributed by atoms with Gasteiger partial charge >= 0.3 is 5.97 Å². The van der Waals surface area contributed by atoms with E-state index in [1.165, 1.54) is 6.07 Å². The van der Waals surface area contributed by atoms with Gasteiger partial charge in [-0.25, -0.2) is 4.79 Å². The van der Waals surface area contributed by atoms with E-state index in [1.807, 2.05) is 6.07 Å². The Balaban J connectivity index is 2.04. The number of halogens is 1. The fourth-order valence-electron chi connectivity index (χ4n) is 2.38. The van der Waals surface area contributed by atoms with E-state index in [9.17, 15) is 9.59 Å². The van der Waals surface area contributed by atoms with Crippen LogP contribution in [0, 0.1) is 0 Å². The topological polar surface area (TPSA) is 59.3 Å². The van der Waals surface area contributed by atoms with Gasteiger partial charge in [0.15, 0.2) is 0 Å². The van der Waals surface area contributed by atoms with Crippen LogP contribution in [0.5, 0.6) is 0 Å². The van der Waals surface area contributed by atoms with Gasteiger partial charge in [0.25, 0.3) is 5.56 Å². The molecule has 3 rings (SSSR count). The van der Waals surface area contributed by atoms with E-state index in [0.29, 0.717) is 17.0 Å². The number of nitrogens with zero attached hydrogens (tertiary/aromatic N) is 1. The molecule has 0 atom stereocenters. The van der Waals surface area contributed by atoms with E-state index >= 15 is 0 Å². The van der Waals surface area contributed by atoms with Crippen LogP contribution in [0.1, 0.15) is 15.9 Å². The number of aromatic nitrogens is 1. The van der Waals surface area contributed by atoms with Crippen LogP contribution in [-0.4, -0.2) is 15.6 Å². The lowest BCUT2D eigenvalue weighted by Crippen LogP contribution is -2.20. The lowest BCUT2D eigenvalue weighted by atomic mass is 10.1. The molecule has 110 valence electrons. The van der Waals surface area contributed by atoms with Crippen molar-refractivity contribution in [3.8, 4) is 0 Å². The molecule has 1 heterocycles. The Hall–Kier alpha value is -2.59. The molecule has 0 aliphatic carbocycles. The molecule has 0 saturated carbocycles. The van der Waals surface area contributed by atoms with Gasteiger partial charge in [0.1, 0.15) is 0 Å². The smallest absolute Gasteiger partial charge is 0.335 e. The van der Waals surface area contributed by atoms with Crippen molar-refractivity contribution in [3.05, 3.63) is 81.2 Å². The van der Waals surface area contributed by atoms with E-state index in [1.54, 1.807) is 47.2 Å². The number of aromatic carboxylic acids is 1. The molecule has 2 aromatic carbocycles. The first-order chi connectivity index (χ1) is 10.5. The van der Waals surface area contributed by atoms with Crippen LogP contribution in [0.4, 0.5) is 0 Å². The Bertz CT molecular complexity index is 931. The van der Waals surface area contributed by atoms with Gasteiger partial charge in [-0.15, -0.1) is 0 Å². The van der Waals surface area contributed by atoms with E-state index in [0.717, 1.165) is 10.9 Å². The van der Waals surface area contributed by atoms with Gasteiger partial charge in [0.05, 0.1) is 12.1 Å². The van der Waals surface area contributed by atoms with Crippen molar-refractivity contribution in [3.63, 3.8) is 0 Å². The molecule has 5 heteroatoms. The second-order valence-electron chi connectivity index (χ2n) is 4.99. The Morgan fingerprint density at radius 3 is 2.73 bits per heavy atom. The van der Waals surface area contributed by atoms with Crippen LogP contribution in [0.2, 0.25) is 5.02 Å². The summed E-state index contributed by atoms with van der Waals surface area (Å²) in [7, 11) is 0. The molecule has 0 bridgehead atoms. The average Bonchev–Trinajstić information content (AvgIpc) is 2.51. The molecule has 1 N–H and O–H groups in total. The minimum Gasteiger partial charge on any atom is -0.478 e. The maximum atomic E-state index is 12.5. The van der Waals surface area contributed by atoms with Gasteiger partial charge in [0.2, 0.25) is 0 Å². The van der Waals surface area contributed by atoms with Crippen molar-refractivity contribution in [2.45, 2.75) is 6.54 Å². The van der Waals surface area contributed by atoms with Gasteiger partial charge in [-0.2, -0.15) is 0 Å². The fraction of sp³-hybridized carbons (Fsp3) is 0.0588. The summed E-state index contributed by atoms with van der Waals surface area (Å²) >= 11 is 5.95. The maximum Gasteiger partial charge on any atom is 0.335 e. The Labute approximate surface area is 131 Å². The third kappa shape index (κ3) is 2.73. The number of rotatable bonds is 3. The lowest BCUT2D eigenvalue weighted by molar-refractivity contribution is 0.0696. The highest BCUT2D eigenvalue weighted by Gasteiger charge is 2.07. The normalized spacial score (nSPS) is 10.8. The molecule has 0 spiro atoms. The predicted molar refractivity (Wildman–Crippen MR) is 85.7 cm³/mol. The summed E-state index contributed by atoms with van der Waals surface area (Å²) in [4.78, 5) is 23.5. The average molecular weight is 314 g/mol. The highest BCUT2D eigenvalue weighted by atomic mass is 35.5. The van der Waals surface area contributed by atoms with Crippen LogP contribution >= 0.6 is 11.6 Å². The third-order valence-corrected chi connectivity index (χ3v) is 3.70. The lowest BCUT2D eigenvalue weighted by Gasteiger charge is -2.08. The summed E-state index contributed by atoms with van der Waals surface area (Å²) in [6, 6.07) is 13.6. The first kappa shape index (κ1) is 14.4. The van der Waals surface area contributed by atoms with Crippen LogP contribution in [-0.2, 0) is 6.54 Å².